The number of hydrogen-bond donors (Lipinski definition) is 2. The number of aromatic nitrogens is 1. The van der Waals surface area contributed by atoms with Gasteiger partial charge in [-0.3, -0.25) is 19.5 Å². The minimum atomic E-state index is -0.179. The third-order valence-electron chi connectivity index (χ3n) is 6.29. The van der Waals surface area contributed by atoms with Gasteiger partial charge in [0.25, 0.3) is 5.91 Å². The topological polar surface area (TPSA) is 92.8 Å². The largest absolute Gasteiger partial charge is 0.359 e. The first-order valence-corrected chi connectivity index (χ1v) is 11.1. The van der Waals surface area contributed by atoms with Gasteiger partial charge >= 0.3 is 0 Å². The molecule has 1 aromatic heterocycles. The Hall–Kier alpha value is -2.88. The van der Waals surface area contributed by atoms with Gasteiger partial charge in [0.2, 0.25) is 5.91 Å². The van der Waals surface area contributed by atoms with Crippen molar-refractivity contribution in [2.24, 2.45) is 5.92 Å². The lowest BCUT2D eigenvalue weighted by Crippen LogP contribution is -2.63. The van der Waals surface area contributed by atoms with Crippen LogP contribution in [0.3, 0.4) is 0 Å². The first-order chi connectivity index (χ1) is 15.6. The average molecular weight is 453 g/mol. The molecule has 4 atom stereocenters. The van der Waals surface area contributed by atoms with E-state index in [9.17, 15) is 9.59 Å². The Morgan fingerprint density at radius 2 is 1.94 bits per heavy atom. The molecule has 5 rings (SSSR count). The number of hydrogen-bond acceptors (Lipinski definition) is 6. The Balaban J connectivity index is 1.21. The van der Waals surface area contributed by atoms with Crippen molar-refractivity contribution in [2.45, 2.75) is 44.2 Å². The van der Waals surface area contributed by atoms with E-state index in [-0.39, 0.29) is 36.0 Å². The van der Waals surface area contributed by atoms with Crippen LogP contribution in [-0.4, -0.2) is 51.9 Å². The van der Waals surface area contributed by atoms with Gasteiger partial charge in [-0.05, 0) is 54.9 Å². The summed E-state index contributed by atoms with van der Waals surface area (Å²) in [5.74, 6) is -0.335. The molecule has 2 N–H and O–H groups in total. The smallest absolute Gasteiger partial charge is 0.251 e. The molecule has 1 saturated carbocycles. The molecule has 8 nitrogen and oxygen atoms in total. The standard InChI is InChI=1S/C23H24N4O4S/c28-21(25-11-16-3-1-2-8-24-16)15-6-4-14(5-7-15)12-27-22(29)17-9-19-20(31-13-30-19)10-18(17)26-23(27)32/h1-8,17-20H,9-13H2,(H,25,28)(H,26,32). The molecule has 0 spiro atoms. The van der Waals surface area contributed by atoms with Crippen molar-refractivity contribution in [1.29, 1.82) is 0 Å². The maximum Gasteiger partial charge on any atom is 0.251 e. The second kappa shape index (κ2) is 8.93. The van der Waals surface area contributed by atoms with Crippen LogP contribution in [0.4, 0.5) is 0 Å². The first-order valence-electron chi connectivity index (χ1n) is 10.7. The van der Waals surface area contributed by atoms with E-state index >= 15 is 0 Å². The Morgan fingerprint density at radius 3 is 2.69 bits per heavy atom. The number of rotatable bonds is 5. The van der Waals surface area contributed by atoms with Gasteiger partial charge in [-0.15, -0.1) is 0 Å². The fourth-order valence-electron chi connectivity index (χ4n) is 4.54. The summed E-state index contributed by atoms with van der Waals surface area (Å²) in [4.78, 5) is 31.4. The normalized spacial score (nSPS) is 26.8. The van der Waals surface area contributed by atoms with Gasteiger partial charge in [0.1, 0.15) is 6.79 Å². The molecule has 1 aliphatic carbocycles. The maximum absolute atomic E-state index is 13.2. The number of ether oxygens (including phenoxy) is 2. The number of benzene rings is 1. The summed E-state index contributed by atoms with van der Waals surface area (Å²) in [6.07, 6.45) is 3.05. The lowest BCUT2D eigenvalue weighted by molar-refractivity contribution is -0.137. The number of nitrogens with one attached hydrogen (secondary N) is 2. The van der Waals surface area contributed by atoms with E-state index in [0.717, 1.165) is 17.7 Å². The van der Waals surface area contributed by atoms with Crippen LogP contribution < -0.4 is 10.6 Å². The van der Waals surface area contributed by atoms with Gasteiger partial charge in [0.05, 0.1) is 36.9 Å². The summed E-state index contributed by atoms with van der Waals surface area (Å²) in [6, 6.07) is 12.8. The van der Waals surface area contributed by atoms with Crippen molar-refractivity contribution in [3.05, 3.63) is 65.5 Å². The second-order valence-corrected chi connectivity index (χ2v) is 8.67. The van der Waals surface area contributed by atoms with E-state index in [1.54, 1.807) is 23.2 Å². The fraction of sp³-hybridized carbons (Fsp3) is 0.391. The van der Waals surface area contributed by atoms with Crippen LogP contribution in [0.2, 0.25) is 0 Å². The predicted octanol–water partition coefficient (Wildman–Crippen LogP) is 1.75. The molecule has 3 aliphatic rings. The molecular weight excluding hydrogens is 428 g/mol. The molecule has 2 aromatic rings. The molecule has 2 saturated heterocycles. The fourth-order valence-corrected chi connectivity index (χ4v) is 4.84. The number of fused-ring (bicyclic) bond motifs is 2. The Labute approximate surface area is 191 Å². The molecule has 2 aliphatic heterocycles. The van der Waals surface area contributed by atoms with Crippen LogP contribution in [0.15, 0.2) is 48.7 Å². The van der Waals surface area contributed by atoms with Crippen molar-refractivity contribution in [3.8, 4) is 0 Å². The number of amides is 2. The summed E-state index contributed by atoms with van der Waals surface area (Å²) >= 11 is 5.49. The van der Waals surface area contributed by atoms with Crippen molar-refractivity contribution < 1.29 is 19.1 Å². The summed E-state index contributed by atoms with van der Waals surface area (Å²) in [6.45, 7) is 1.01. The number of pyridine rings is 1. The third kappa shape index (κ3) is 4.23. The summed E-state index contributed by atoms with van der Waals surface area (Å²) in [5.41, 5.74) is 2.24. The van der Waals surface area contributed by atoms with E-state index in [0.29, 0.717) is 37.0 Å². The van der Waals surface area contributed by atoms with Crippen molar-refractivity contribution in [2.75, 3.05) is 6.79 Å². The highest BCUT2D eigenvalue weighted by Crippen LogP contribution is 2.35. The summed E-state index contributed by atoms with van der Waals surface area (Å²) in [7, 11) is 0. The number of nitrogens with zero attached hydrogens (tertiary/aromatic N) is 2. The second-order valence-electron chi connectivity index (χ2n) is 8.29. The molecule has 2 amide bonds. The lowest BCUT2D eigenvalue weighted by atomic mass is 9.79. The number of thiocarbonyl (C=S) groups is 1. The van der Waals surface area contributed by atoms with Crippen LogP contribution in [0.1, 0.15) is 34.5 Å². The van der Waals surface area contributed by atoms with Gasteiger partial charge in [0.15, 0.2) is 5.11 Å². The molecule has 3 fully saturated rings. The lowest BCUT2D eigenvalue weighted by Gasteiger charge is -2.44. The molecule has 0 bridgehead atoms. The summed E-state index contributed by atoms with van der Waals surface area (Å²) in [5, 5.41) is 6.62. The minimum Gasteiger partial charge on any atom is -0.359 e. The van der Waals surface area contributed by atoms with Crippen LogP contribution in [-0.2, 0) is 27.4 Å². The number of carbonyl (C=O) groups excluding carboxylic acids is 2. The van der Waals surface area contributed by atoms with Crippen molar-refractivity contribution >= 4 is 29.1 Å². The van der Waals surface area contributed by atoms with Gasteiger partial charge in [0, 0.05) is 17.8 Å². The molecular formula is C23H24N4O4S. The van der Waals surface area contributed by atoms with Gasteiger partial charge in [-0.1, -0.05) is 18.2 Å². The van der Waals surface area contributed by atoms with Gasteiger partial charge < -0.3 is 20.1 Å². The quantitative estimate of drug-likeness (QED) is 0.668. The van der Waals surface area contributed by atoms with E-state index in [2.05, 4.69) is 15.6 Å². The minimum absolute atomic E-state index is 0.0145. The van der Waals surface area contributed by atoms with Crippen LogP contribution in [0, 0.1) is 5.92 Å². The van der Waals surface area contributed by atoms with E-state index in [1.165, 1.54) is 0 Å². The Morgan fingerprint density at radius 1 is 1.16 bits per heavy atom. The number of carbonyl (C=O) groups is 2. The maximum atomic E-state index is 13.2. The molecule has 3 heterocycles. The van der Waals surface area contributed by atoms with Crippen molar-refractivity contribution in [1.82, 2.24) is 20.5 Å². The zero-order valence-electron chi connectivity index (χ0n) is 17.4. The zero-order valence-corrected chi connectivity index (χ0v) is 18.2. The average Bonchev–Trinajstić information content (AvgIpc) is 3.28. The third-order valence-corrected chi connectivity index (χ3v) is 6.63. The predicted molar refractivity (Wildman–Crippen MR) is 119 cm³/mol. The van der Waals surface area contributed by atoms with Crippen LogP contribution in [0.5, 0.6) is 0 Å². The first kappa shape index (κ1) is 21.0. The van der Waals surface area contributed by atoms with E-state index in [1.807, 2.05) is 30.3 Å². The zero-order chi connectivity index (χ0) is 22.1. The molecule has 9 heteroatoms. The SMILES string of the molecule is O=C(NCc1ccccn1)c1ccc(CN2C(=O)C3CC4OCOC4CC3NC2=S)cc1. The van der Waals surface area contributed by atoms with Crippen LogP contribution in [0.25, 0.3) is 0 Å². The highest BCUT2D eigenvalue weighted by Gasteiger charge is 2.48. The van der Waals surface area contributed by atoms with Gasteiger partial charge in [-0.25, -0.2) is 0 Å². The molecule has 4 unspecified atom stereocenters. The highest BCUT2D eigenvalue weighted by atomic mass is 32.1. The van der Waals surface area contributed by atoms with E-state index < -0.39 is 0 Å². The molecule has 1 aromatic carbocycles. The summed E-state index contributed by atoms with van der Waals surface area (Å²) < 4.78 is 11.2. The van der Waals surface area contributed by atoms with E-state index in [4.69, 9.17) is 21.7 Å². The monoisotopic (exact) mass is 452 g/mol. The van der Waals surface area contributed by atoms with Crippen molar-refractivity contribution in [3.63, 3.8) is 0 Å². The molecule has 166 valence electrons. The Kier molecular flexibility index (Phi) is 5.86. The van der Waals surface area contributed by atoms with Crippen LogP contribution >= 0.6 is 12.2 Å². The molecule has 0 radical (unpaired) electrons. The van der Waals surface area contributed by atoms with Gasteiger partial charge in [-0.2, -0.15) is 0 Å². The highest BCUT2D eigenvalue weighted by molar-refractivity contribution is 7.80. The Bertz CT molecular complexity index is 1020. The molecule has 32 heavy (non-hydrogen) atoms.